The van der Waals surface area contributed by atoms with E-state index in [0.29, 0.717) is 6.04 Å². The number of rotatable bonds is 4. The van der Waals surface area contributed by atoms with E-state index >= 15 is 0 Å². The van der Waals surface area contributed by atoms with E-state index in [9.17, 15) is 0 Å². The van der Waals surface area contributed by atoms with E-state index < -0.39 is 0 Å². The number of aromatic nitrogens is 2. The fourth-order valence-electron chi connectivity index (χ4n) is 2.92. The summed E-state index contributed by atoms with van der Waals surface area (Å²) in [6.07, 6.45) is 0. The summed E-state index contributed by atoms with van der Waals surface area (Å²) in [6, 6.07) is 8.38. The summed E-state index contributed by atoms with van der Waals surface area (Å²) in [6.45, 7) is 9.87. The Morgan fingerprint density at radius 3 is 2.41 bits per heavy atom. The van der Waals surface area contributed by atoms with Crippen molar-refractivity contribution in [2.75, 3.05) is 45.1 Å². The number of hydrogen-bond donors (Lipinski definition) is 1. The van der Waals surface area contributed by atoms with Gasteiger partial charge in [0.2, 0.25) is 0 Å². The minimum atomic E-state index is 0.359. The van der Waals surface area contributed by atoms with Gasteiger partial charge in [0.25, 0.3) is 0 Å². The molecule has 0 bridgehead atoms. The second kappa shape index (κ2) is 6.58. The third-order valence-electron chi connectivity index (χ3n) is 4.26. The van der Waals surface area contributed by atoms with E-state index in [2.05, 4.69) is 34.1 Å². The number of fused-ring (bicyclic) bond motifs is 1. The van der Waals surface area contributed by atoms with E-state index in [1.54, 1.807) is 0 Å². The largest absolute Gasteiger partial charge is 0.365 e. The number of piperazine rings is 1. The molecule has 1 aliphatic heterocycles. The van der Waals surface area contributed by atoms with Gasteiger partial charge in [0.15, 0.2) is 0 Å². The number of anilines is 1. The minimum absolute atomic E-state index is 0.359. The van der Waals surface area contributed by atoms with E-state index in [-0.39, 0.29) is 0 Å². The second-order valence-electron chi connectivity index (χ2n) is 6.30. The Morgan fingerprint density at radius 2 is 1.73 bits per heavy atom. The molecule has 1 atom stereocenters. The number of likely N-dealkylation sites (N-methyl/N-ethyl adjacent to an activating group) is 1. The van der Waals surface area contributed by atoms with E-state index in [0.717, 1.165) is 55.3 Å². The summed E-state index contributed by atoms with van der Waals surface area (Å²) in [5.41, 5.74) is 2.86. The van der Waals surface area contributed by atoms with Crippen molar-refractivity contribution in [2.45, 2.75) is 19.9 Å². The summed E-state index contributed by atoms with van der Waals surface area (Å²) in [5, 5.41) is 3.53. The number of nitrogens with zero attached hydrogens (tertiary/aromatic N) is 4. The molecule has 1 N–H and O–H groups in total. The summed E-state index contributed by atoms with van der Waals surface area (Å²) in [5.74, 6) is 0.903. The molecule has 1 saturated heterocycles. The molecule has 0 amide bonds. The van der Waals surface area contributed by atoms with Crippen LogP contribution < -0.4 is 5.32 Å². The van der Waals surface area contributed by atoms with Crippen LogP contribution in [-0.4, -0.2) is 65.6 Å². The predicted molar refractivity (Wildman–Crippen MR) is 91.3 cm³/mol. The van der Waals surface area contributed by atoms with E-state index in [4.69, 9.17) is 4.98 Å². The number of benzene rings is 1. The third-order valence-corrected chi connectivity index (χ3v) is 4.26. The first-order valence-electron chi connectivity index (χ1n) is 8.02. The minimum Gasteiger partial charge on any atom is -0.365 e. The zero-order valence-corrected chi connectivity index (χ0v) is 13.7. The topological polar surface area (TPSA) is 44.3 Å². The monoisotopic (exact) mass is 299 g/mol. The maximum atomic E-state index is 4.72. The van der Waals surface area contributed by atoms with Crippen molar-refractivity contribution in [3.05, 3.63) is 30.0 Å². The molecular weight excluding hydrogens is 274 g/mol. The van der Waals surface area contributed by atoms with Crippen LogP contribution in [0.5, 0.6) is 0 Å². The lowest BCUT2D eigenvalue weighted by Gasteiger charge is -2.34. The highest BCUT2D eigenvalue weighted by Crippen LogP contribution is 2.17. The van der Waals surface area contributed by atoms with Crippen LogP contribution >= 0.6 is 0 Å². The van der Waals surface area contributed by atoms with Gasteiger partial charge in [-0.1, -0.05) is 12.1 Å². The molecule has 5 heteroatoms. The zero-order chi connectivity index (χ0) is 15.5. The molecule has 1 aliphatic rings. The molecule has 118 valence electrons. The van der Waals surface area contributed by atoms with Crippen LogP contribution in [0.2, 0.25) is 0 Å². The van der Waals surface area contributed by atoms with Gasteiger partial charge in [0.05, 0.1) is 16.7 Å². The van der Waals surface area contributed by atoms with E-state index in [1.807, 2.05) is 31.2 Å². The van der Waals surface area contributed by atoms with Crippen LogP contribution in [0, 0.1) is 6.92 Å². The fourth-order valence-corrected chi connectivity index (χ4v) is 2.92. The van der Waals surface area contributed by atoms with Gasteiger partial charge >= 0.3 is 0 Å². The molecule has 0 saturated carbocycles. The second-order valence-corrected chi connectivity index (χ2v) is 6.30. The van der Waals surface area contributed by atoms with Gasteiger partial charge in [-0.25, -0.2) is 9.97 Å². The van der Waals surface area contributed by atoms with Crippen LogP contribution in [0.4, 0.5) is 5.82 Å². The SMILES string of the molecule is Cc1nc2ccccc2nc1NC(C)CN1CCN(C)CC1. The quantitative estimate of drug-likeness (QED) is 0.935. The Bertz CT molecular complexity index is 634. The van der Waals surface area contributed by atoms with Gasteiger partial charge in [-0.05, 0) is 33.0 Å². The highest BCUT2D eigenvalue weighted by atomic mass is 15.3. The van der Waals surface area contributed by atoms with Crippen LogP contribution in [0.3, 0.4) is 0 Å². The van der Waals surface area contributed by atoms with Gasteiger partial charge < -0.3 is 10.2 Å². The van der Waals surface area contributed by atoms with Crippen molar-refractivity contribution in [3.63, 3.8) is 0 Å². The number of para-hydroxylation sites is 2. The van der Waals surface area contributed by atoms with Gasteiger partial charge in [0.1, 0.15) is 5.82 Å². The van der Waals surface area contributed by atoms with Crippen LogP contribution in [0.25, 0.3) is 11.0 Å². The summed E-state index contributed by atoms with van der Waals surface area (Å²) in [7, 11) is 2.19. The average Bonchev–Trinajstić information content (AvgIpc) is 2.50. The van der Waals surface area contributed by atoms with Gasteiger partial charge in [-0.15, -0.1) is 0 Å². The molecule has 2 heterocycles. The average molecular weight is 299 g/mol. The number of nitrogens with one attached hydrogen (secondary N) is 1. The van der Waals surface area contributed by atoms with Crippen LogP contribution in [0.1, 0.15) is 12.6 Å². The molecule has 5 nitrogen and oxygen atoms in total. The van der Waals surface area contributed by atoms with Crippen LogP contribution in [0.15, 0.2) is 24.3 Å². The standard InChI is InChI=1S/C17H25N5/c1-13(12-22-10-8-21(3)9-11-22)18-17-14(2)19-15-6-4-5-7-16(15)20-17/h4-7,13H,8-12H2,1-3H3,(H,18,20). The lowest BCUT2D eigenvalue weighted by Crippen LogP contribution is -2.47. The number of hydrogen-bond acceptors (Lipinski definition) is 5. The molecule has 1 fully saturated rings. The third kappa shape index (κ3) is 3.54. The first kappa shape index (κ1) is 15.2. The summed E-state index contributed by atoms with van der Waals surface area (Å²) < 4.78 is 0. The normalized spacial score (nSPS) is 18.5. The maximum absolute atomic E-state index is 4.72. The Labute approximate surface area is 132 Å². The van der Waals surface area contributed by atoms with Crippen molar-refractivity contribution in [3.8, 4) is 0 Å². The van der Waals surface area contributed by atoms with Gasteiger partial charge in [-0.3, -0.25) is 4.90 Å². The zero-order valence-electron chi connectivity index (χ0n) is 13.7. The van der Waals surface area contributed by atoms with Crippen molar-refractivity contribution >= 4 is 16.9 Å². The molecule has 0 aliphatic carbocycles. The van der Waals surface area contributed by atoms with Gasteiger partial charge in [0, 0.05) is 38.8 Å². The Morgan fingerprint density at radius 1 is 1.09 bits per heavy atom. The first-order chi connectivity index (χ1) is 10.6. The van der Waals surface area contributed by atoms with Gasteiger partial charge in [-0.2, -0.15) is 0 Å². The maximum Gasteiger partial charge on any atom is 0.148 e. The van der Waals surface area contributed by atoms with Crippen LogP contribution in [-0.2, 0) is 0 Å². The number of aryl methyl sites for hydroxylation is 1. The Balaban J connectivity index is 1.66. The van der Waals surface area contributed by atoms with E-state index in [1.165, 1.54) is 0 Å². The predicted octanol–water partition coefficient (Wildman–Crippen LogP) is 1.99. The summed E-state index contributed by atoms with van der Waals surface area (Å²) >= 11 is 0. The smallest absolute Gasteiger partial charge is 0.148 e. The highest BCUT2D eigenvalue weighted by Gasteiger charge is 2.17. The molecule has 1 unspecified atom stereocenters. The molecule has 0 spiro atoms. The Kier molecular flexibility index (Phi) is 4.55. The molecule has 2 aromatic rings. The van der Waals surface area contributed by atoms with Crippen molar-refractivity contribution in [2.24, 2.45) is 0 Å². The Hall–Kier alpha value is -1.72. The van der Waals surface area contributed by atoms with Crippen molar-refractivity contribution in [1.29, 1.82) is 0 Å². The molecular formula is C17H25N5. The molecule has 22 heavy (non-hydrogen) atoms. The summed E-state index contributed by atoms with van der Waals surface area (Å²) in [4.78, 5) is 14.3. The molecule has 1 aromatic heterocycles. The molecule has 1 aromatic carbocycles. The van der Waals surface area contributed by atoms with Crippen molar-refractivity contribution < 1.29 is 0 Å². The van der Waals surface area contributed by atoms with Crippen molar-refractivity contribution in [1.82, 2.24) is 19.8 Å². The first-order valence-corrected chi connectivity index (χ1v) is 8.02. The fraction of sp³-hybridized carbons (Fsp3) is 0.529. The molecule has 0 radical (unpaired) electrons. The lowest BCUT2D eigenvalue weighted by molar-refractivity contribution is 0.151. The molecule has 3 rings (SSSR count). The highest BCUT2D eigenvalue weighted by molar-refractivity contribution is 5.76. The lowest BCUT2D eigenvalue weighted by atomic mass is 10.2.